The van der Waals surface area contributed by atoms with Crippen LogP contribution in [0.25, 0.3) is 21.0 Å². The van der Waals surface area contributed by atoms with Gasteiger partial charge in [0.2, 0.25) is 0 Å². The maximum Gasteiger partial charge on any atom is 0.311 e. The van der Waals surface area contributed by atoms with Gasteiger partial charge in [-0.3, -0.25) is 4.79 Å². The van der Waals surface area contributed by atoms with Gasteiger partial charge in [-0.2, -0.15) is 0 Å². The van der Waals surface area contributed by atoms with E-state index in [2.05, 4.69) is 43.1 Å². The minimum absolute atomic E-state index is 0.143. The molecule has 3 rings (SSSR count). The highest BCUT2D eigenvalue weighted by atomic mass is 32.1. The number of carbonyl (C=O) groups excluding carboxylic acids is 1. The molecule has 0 bridgehead atoms. The second kappa shape index (κ2) is 13.2. The number of ether oxygens (including phenoxy) is 1. The Balaban J connectivity index is 1.51. The van der Waals surface area contributed by atoms with Gasteiger partial charge in [-0.15, -0.1) is 11.3 Å². The Morgan fingerprint density at radius 2 is 1.47 bits per heavy atom. The van der Waals surface area contributed by atoms with E-state index >= 15 is 0 Å². The van der Waals surface area contributed by atoms with Crippen molar-refractivity contribution in [1.29, 1.82) is 0 Å². The van der Waals surface area contributed by atoms with Crippen LogP contribution >= 0.6 is 11.3 Å². The van der Waals surface area contributed by atoms with Gasteiger partial charge >= 0.3 is 5.97 Å². The number of hydrogen-bond acceptors (Lipinski definition) is 4. The fourth-order valence-electron chi connectivity index (χ4n) is 3.66. The van der Waals surface area contributed by atoms with Crippen molar-refractivity contribution in [1.82, 2.24) is 4.98 Å². The molecule has 0 spiro atoms. The molecule has 1 heterocycles. The van der Waals surface area contributed by atoms with Gasteiger partial charge in [-0.1, -0.05) is 76.6 Å². The van der Waals surface area contributed by atoms with Gasteiger partial charge in [0.15, 0.2) is 0 Å². The van der Waals surface area contributed by atoms with E-state index in [4.69, 9.17) is 4.74 Å². The largest absolute Gasteiger partial charge is 0.427 e. The second-order valence-corrected chi connectivity index (χ2v) is 9.38. The van der Waals surface area contributed by atoms with E-state index in [9.17, 15) is 4.79 Å². The van der Waals surface area contributed by atoms with Gasteiger partial charge in [0.25, 0.3) is 0 Å². The molecule has 2 aromatic carbocycles. The number of hydrogen-bond donors (Lipinski definition) is 0. The Morgan fingerprint density at radius 3 is 2.19 bits per heavy atom. The summed E-state index contributed by atoms with van der Waals surface area (Å²) in [7, 11) is 0. The molecule has 0 aliphatic heterocycles. The van der Waals surface area contributed by atoms with Gasteiger partial charge < -0.3 is 4.74 Å². The molecule has 3 aromatic rings. The second-order valence-electron chi connectivity index (χ2n) is 8.35. The maximum absolute atomic E-state index is 12.1. The topological polar surface area (TPSA) is 39.2 Å². The first-order chi connectivity index (χ1) is 15.7. The van der Waals surface area contributed by atoms with Crippen LogP contribution in [-0.2, 0) is 11.2 Å². The third kappa shape index (κ3) is 7.59. The van der Waals surface area contributed by atoms with E-state index in [0.717, 1.165) is 40.3 Å². The fourth-order valence-corrected chi connectivity index (χ4v) is 4.58. The number of carbonyl (C=O) groups is 1. The zero-order valence-corrected chi connectivity index (χ0v) is 20.3. The van der Waals surface area contributed by atoms with Crippen LogP contribution in [0.4, 0.5) is 0 Å². The van der Waals surface area contributed by atoms with Crippen molar-refractivity contribution in [3.05, 3.63) is 60.3 Å². The minimum atomic E-state index is -0.143. The van der Waals surface area contributed by atoms with Crippen LogP contribution in [0.3, 0.4) is 0 Å². The van der Waals surface area contributed by atoms with Crippen LogP contribution < -0.4 is 4.74 Å². The van der Waals surface area contributed by atoms with Gasteiger partial charge in [-0.05, 0) is 54.7 Å². The third-order valence-electron chi connectivity index (χ3n) is 5.63. The molecule has 0 radical (unpaired) electrons. The number of aryl methyl sites for hydroxylation is 1. The standard InChI is InChI=1S/C28H35NO2S/c1-3-5-7-8-9-10-12-27(30)31-25-19-17-23(18-20-25)26-21-29-28(32-26)24-15-13-22(14-16-24)11-6-4-2/h13-21H,3-12H2,1-2H3. The smallest absolute Gasteiger partial charge is 0.311 e. The van der Waals surface area contributed by atoms with Crippen LogP contribution in [0, 0.1) is 0 Å². The molecule has 32 heavy (non-hydrogen) atoms. The highest BCUT2D eigenvalue weighted by Crippen LogP contribution is 2.33. The van der Waals surface area contributed by atoms with Crippen LogP contribution in [-0.4, -0.2) is 11.0 Å². The zero-order chi connectivity index (χ0) is 22.6. The Labute approximate surface area is 196 Å². The molecule has 0 saturated carbocycles. The average Bonchev–Trinajstić information content (AvgIpc) is 3.31. The van der Waals surface area contributed by atoms with Crippen LogP contribution in [0.2, 0.25) is 0 Å². The normalized spacial score (nSPS) is 10.9. The predicted octanol–water partition coefficient (Wildman–Crippen LogP) is 8.48. The minimum Gasteiger partial charge on any atom is -0.427 e. The van der Waals surface area contributed by atoms with Crippen molar-refractivity contribution in [3.8, 4) is 26.8 Å². The summed E-state index contributed by atoms with van der Waals surface area (Å²) < 4.78 is 5.50. The van der Waals surface area contributed by atoms with Crippen molar-refractivity contribution in [2.45, 2.75) is 78.1 Å². The van der Waals surface area contributed by atoms with Gasteiger partial charge in [0, 0.05) is 18.2 Å². The molecule has 0 saturated heterocycles. The molecule has 0 fully saturated rings. The molecule has 0 amide bonds. The summed E-state index contributed by atoms with van der Waals surface area (Å²) >= 11 is 1.68. The summed E-state index contributed by atoms with van der Waals surface area (Å²) in [5, 5.41) is 1.02. The molecular weight excluding hydrogens is 414 g/mol. The van der Waals surface area contributed by atoms with Crippen molar-refractivity contribution >= 4 is 17.3 Å². The lowest BCUT2D eigenvalue weighted by Gasteiger charge is -2.05. The highest BCUT2D eigenvalue weighted by Gasteiger charge is 2.09. The first kappa shape index (κ1) is 24.2. The molecule has 0 N–H and O–H groups in total. The lowest BCUT2D eigenvalue weighted by atomic mass is 10.1. The summed E-state index contributed by atoms with van der Waals surface area (Å²) in [6.07, 6.45) is 13.0. The Morgan fingerprint density at radius 1 is 0.812 bits per heavy atom. The van der Waals surface area contributed by atoms with Crippen LogP contribution in [0.5, 0.6) is 5.75 Å². The lowest BCUT2D eigenvalue weighted by Crippen LogP contribution is -2.07. The molecule has 1 aromatic heterocycles. The van der Waals surface area contributed by atoms with E-state index in [1.165, 1.54) is 44.1 Å². The molecule has 0 unspecified atom stereocenters. The van der Waals surface area contributed by atoms with E-state index in [1.807, 2.05) is 30.5 Å². The highest BCUT2D eigenvalue weighted by molar-refractivity contribution is 7.18. The van der Waals surface area contributed by atoms with E-state index < -0.39 is 0 Å². The Hall–Kier alpha value is -2.46. The van der Waals surface area contributed by atoms with Crippen molar-refractivity contribution in [2.75, 3.05) is 0 Å². The number of thiazole rings is 1. The molecule has 0 aliphatic rings. The quantitative estimate of drug-likeness (QED) is 0.149. The van der Waals surface area contributed by atoms with Crippen molar-refractivity contribution in [3.63, 3.8) is 0 Å². The van der Waals surface area contributed by atoms with E-state index in [1.54, 1.807) is 11.3 Å². The first-order valence-corrected chi connectivity index (χ1v) is 12.9. The van der Waals surface area contributed by atoms with E-state index in [0.29, 0.717) is 12.2 Å². The zero-order valence-electron chi connectivity index (χ0n) is 19.4. The fraction of sp³-hybridized carbons (Fsp3) is 0.429. The van der Waals surface area contributed by atoms with Crippen LogP contribution in [0.1, 0.15) is 77.2 Å². The number of nitrogens with zero attached hydrogens (tertiary/aromatic N) is 1. The number of benzene rings is 2. The summed E-state index contributed by atoms with van der Waals surface area (Å²) in [6, 6.07) is 16.5. The van der Waals surface area contributed by atoms with Gasteiger partial charge in [0.05, 0.1) is 4.88 Å². The Bertz CT molecular complexity index is 944. The average molecular weight is 450 g/mol. The molecule has 170 valence electrons. The van der Waals surface area contributed by atoms with Crippen LogP contribution in [0.15, 0.2) is 54.7 Å². The van der Waals surface area contributed by atoms with Crippen molar-refractivity contribution < 1.29 is 9.53 Å². The molecule has 0 atom stereocenters. The summed E-state index contributed by atoms with van der Waals surface area (Å²) in [5.41, 5.74) is 3.62. The SMILES string of the molecule is CCCCCCCCC(=O)Oc1ccc(-c2cnc(-c3ccc(CCCC)cc3)s2)cc1. The van der Waals surface area contributed by atoms with E-state index in [-0.39, 0.29) is 5.97 Å². The first-order valence-electron chi connectivity index (χ1n) is 12.1. The predicted molar refractivity (Wildman–Crippen MR) is 135 cm³/mol. The summed E-state index contributed by atoms with van der Waals surface area (Å²) in [5.74, 6) is 0.466. The molecule has 3 nitrogen and oxygen atoms in total. The monoisotopic (exact) mass is 449 g/mol. The van der Waals surface area contributed by atoms with Gasteiger partial charge in [0.1, 0.15) is 10.8 Å². The maximum atomic E-state index is 12.1. The third-order valence-corrected chi connectivity index (χ3v) is 6.73. The molecular formula is C28H35NO2S. The lowest BCUT2D eigenvalue weighted by molar-refractivity contribution is -0.134. The number of unbranched alkanes of at least 4 members (excludes halogenated alkanes) is 6. The van der Waals surface area contributed by atoms with Gasteiger partial charge in [-0.25, -0.2) is 4.98 Å². The number of aromatic nitrogens is 1. The van der Waals surface area contributed by atoms with Crippen molar-refractivity contribution in [2.24, 2.45) is 0 Å². The number of rotatable bonds is 13. The summed E-state index contributed by atoms with van der Waals surface area (Å²) in [4.78, 5) is 17.8. The Kier molecular flexibility index (Phi) is 9.96. The number of esters is 1. The summed E-state index contributed by atoms with van der Waals surface area (Å²) in [6.45, 7) is 4.43. The molecule has 4 heteroatoms. The molecule has 0 aliphatic carbocycles.